The summed E-state index contributed by atoms with van der Waals surface area (Å²) in [6.07, 6.45) is 3.32. The van der Waals surface area contributed by atoms with Crippen molar-refractivity contribution < 1.29 is 4.79 Å². The van der Waals surface area contributed by atoms with Crippen LogP contribution in [0.2, 0.25) is 0 Å². The molecule has 1 heterocycles. The van der Waals surface area contributed by atoms with Gasteiger partial charge in [-0.25, -0.2) is 0 Å². The molecule has 0 radical (unpaired) electrons. The molecule has 0 aliphatic heterocycles. The molecule has 3 aromatic rings. The van der Waals surface area contributed by atoms with E-state index in [1.807, 2.05) is 43.3 Å². The second kappa shape index (κ2) is 8.30. The molecule has 26 heavy (non-hydrogen) atoms. The average Bonchev–Trinajstić information content (AvgIpc) is 2.68. The van der Waals surface area contributed by atoms with Crippen LogP contribution < -0.4 is 10.6 Å². The average molecular weight is 345 g/mol. The van der Waals surface area contributed by atoms with Crippen molar-refractivity contribution in [3.8, 4) is 0 Å². The highest BCUT2D eigenvalue weighted by atomic mass is 16.1. The zero-order valence-corrected chi connectivity index (χ0v) is 15.1. The van der Waals surface area contributed by atoms with E-state index in [2.05, 4.69) is 46.8 Å². The standard InChI is InChI=1S/C22H23N3O/c1-16-8-10-18(11-9-16)13-24-21-12-20(14-23-15-21)22(26)25-17(2)19-6-4-3-5-7-19/h3-12,14-15,17,24H,13H2,1-2H3,(H,25,26). The Morgan fingerprint density at radius 3 is 2.50 bits per heavy atom. The van der Waals surface area contributed by atoms with Crippen molar-refractivity contribution in [2.75, 3.05) is 5.32 Å². The molecule has 2 N–H and O–H groups in total. The summed E-state index contributed by atoms with van der Waals surface area (Å²) < 4.78 is 0. The molecule has 0 bridgehead atoms. The minimum atomic E-state index is -0.132. The number of hydrogen-bond donors (Lipinski definition) is 2. The minimum Gasteiger partial charge on any atom is -0.380 e. The molecule has 2 aromatic carbocycles. The van der Waals surface area contributed by atoms with Gasteiger partial charge in [-0.15, -0.1) is 0 Å². The van der Waals surface area contributed by atoms with Crippen molar-refractivity contribution in [1.29, 1.82) is 0 Å². The number of carbonyl (C=O) groups excluding carboxylic acids is 1. The summed E-state index contributed by atoms with van der Waals surface area (Å²) in [4.78, 5) is 16.7. The summed E-state index contributed by atoms with van der Waals surface area (Å²) >= 11 is 0. The van der Waals surface area contributed by atoms with Crippen LogP contribution >= 0.6 is 0 Å². The third kappa shape index (κ3) is 4.70. The second-order valence-corrected chi connectivity index (χ2v) is 6.41. The summed E-state index contributed by atoms with van der Waals surface area (Å²) in [5.41, 5.74) is 4.86. The van der Waals surface area contributed by atoms with Gasteiger partial charge in [-0.2, -0.15) is 0 Å². The number of anilines is 1. The molecule has 132 valence electrons. The van der Waals surface area contributed by atoms with Crippen molar-refractivity contribution in [2.24, 2.45) is 0 Å². The maximum absolute atomic E-state index is 12.5. The van der Waals surface area contributed by atoms with E-state index in [1.54, 1.807) is 12.4 Å². The summed E-state index contributed by atoms with van der Waals surface area (Å²) in [6, 6.07) is 20.0. The molecule has 0 spiro atoms. The molecule has 4 heteroatoms. The fourth-order valence-electron chi connectivity index (χ4n) is 2.68. The maximum Gasteiger partial charge on any atom is 0.253 e. The monoisotopic (exact) mass is 345 g/mol. The number of hydrogen-bond acceptors (Lipinski definition) is 3. The first kappa shape index (κ1) is 17.7. The molecule has 4 nitrogen and oxygen atoms in total. The van der Waals surface area contributed by atoms with E-state index in [0.717, 1.165) is 11.3 Å². The zero-order chi connectivity index (χ0) is 18.4. The van der Waals surface area contributed by atoms with Gasteiger partial charge in [0.2, 0.25) is 0 Å². The SMILES string of the molecule is Cc1ccc(CNc2cncc(C(=O)NC(C)c3ccccc3)c2)cc1. The van der Waals surface area contributed by atoms with E-state index in [1.165, 1.54) is 11.1 Å². The Balaban J connectivity index is 1.62. The van der Waals surface area contributed by atoms with E-state index < -0.39 is 0 Å². The maximum atomic E-state index is 12.5. The lowest BCUT2D eigenvalue weighted by Gasteiger charge is -2.14. The van der Waals surface area contributed by atoms with Gasteiger partial charge in [-0.1, -0.05) is 60.2 Å². The van der Waals surface area contributed by atoms with Crippen LogP contribution in [-0.4, -0.2) is 10.9 Å². The molecule has 1 amide bonds. The molecule has 3 rings (SSSR count). The van der Waals surface area contributed by atoms with E-state index in [4.69, 9.17) is 0 Å². The molecule has 1 unspecified atom stereocenters. The van der Waals surface area contributed by atoms with Crippen LogP contribution in [0, 0.1) is 6.92 Å². The van der Waals surface area contributed by atoms with Gasteiger partial charge in [-0.05, 0) is 31.0 Å². The van der Waals surface area contributed by atoms with Crippen LogP contribution in [0.25, 0.3) is 0 Å². The summed E-state index contributed by atoms with van der Waals surface area (Å²) in [7, 11) is 0. The largest absolute Gasteiger partial charge is 0.380 e. The number of aromatic nitrogens is 1. The Morgan fingerprint density at radius 1 is 1.04 bits per heavy atom. The molecule has 0 saturated heterocycles. The Morgan fingerprint density at radius 2 is 1.77 bits per heavy atom. The van der Waals surface area contributed by atoms with Gasteiger partial charge in [0.05, 0.1) is 17.3 Å². The van der Waals surface area contributed by atoms with Gasteiger partial charge < -0.3 is 10.6 Å². The predicted octanol–water partition coefficient (Wildman–Crippen LogP) is 4.49. The zero-order valence-electron chi connectivity index (χ0n) is 15.1. The number of nitrogens with zero attached hydrogens (tertiary/aromatic N) is 1. The van der Waals surface area contributed by atoms with E-state index in [0.29, 0.717) is 12.1 Å². The summed E-state index contributed by atoms with van der Waals surface area (Å²) in [5, 5.41) is 6.33. The van der Waals surface area contributed by atoms with Gasteiger partial charge in [0, 0.05) is 18.9 Å². The lowest BCUT2D eigenvalue weighted by atomic mass is 10.1. The minimum absolute atomic E-state index is 0.0622. The lowest BCUT2D eigenvalue weighted by Crippen LogP contribution is -2.26. The van der Waals surface area contributed by atoms with Crippen LogP contribution in [0.3, 0.4) is 0 Å². The predicted molar refractivity (Wildman–Crippen MR) is 105 cm³/mol. The Labute approximate surface area is 154 Å². The first-order chi connectivity index (χ1) is 12.6. The van der Waals surface area contributed by atoms with Crippen molar-refractivity contribution >= 4 is 11.6 Å². The Kier molecular flexibility index (Phi) is 5.64. The first-order valence-corrected chi connectivity index (χ1v) is 8.72. The second-order valence-electron chi connectivity index (χ2n) is 6.41. The summed E-state index contributed by atoms with van der Waals surface area (Å²) in [6.45, 7) is 4.73. The van der Waals surface area contributed by atoms with Crippen LogP contribution in [0.4, 0.5) is 5.69 Å². The van der Waals surface area contributed by atoms with E-state index in [9.17, 15) is 4.79 Å². The fraction of sp³-hybridized carbons (Fsp3) is 0.182. The molecular formula is C22H23N3O. The normalized spacial score (nSPS) is 11.6. The van der Waals surface area contributed by atoms with Crippen molar-refractivity contribution in [3.05, 3.63) is 95.3 Å². The number of carbonyl (C=O) groups is 1. The van der Waals surface area contributed by atoms with E-state index in [-0.39, 0.29) is 11.9 Å². The van der Waals surface area contributed by atoms with Crippen LogP contribution in [-0.2, 0) is 6.54 Å². The Hall–Kier alpha value is -3.14. The van der Waals surface area contributed by atoms with Gasteiger partial charge in [-0.3, -0.25) is 9.78 Å². The van der Waals surface area contributed by atoms with Crippen LogP contribution in [0.1, 0.15) is 40.0 Å². The Bertz CT molecular complexity index is 860. The molecule has 0 aliphatic rings. The van der Waals surface area contributed by atoms with Gasteiger partial charge in [0.15, 0.2) is 0 Å². The van der Waals surface area contributed by atoms with E-state index >= 15 is 0 Å². The first-order valence-electron chi connectivity index (χ1n) is 8.72. The topological polar surface area (TPSA) is 54.0 Å². The fourth-order valence-corrected chi connectivity index (χ4v) is 2.68. The number of amides is 1. The number of aryl methyl sites for hydroxylation is 1. The third-order valence-electron chi connectivity index (χ3n) is 4.26. The number of benzene rings is 2. The quantitative estimate of drug-likeness (QED) is 0.692. The molecular weight excluding hydrogens is 322 g/mol. The van der Waals surface area contributed by atoms with Crippen LogP contribution in [0.5, 0.6) is 0 Å². The van der Waals surface area contributed by atoms with Crippen molar-refractivity contribution in [2.45, 2.75) is 26.4 Å². The molecule has 0 saturated carbocycles. The molecule has 0 fully saturated rings. The van der Waals surface area contributed by atoms with Crippen molar-refractivity contribution in [3.63, 3.8) is 0 Å². The lowest BCUT2D eigenvalue weighted by molar-refractivity contribution is 0.0939. The highest BCUT2D eigenvalue weighted by Gasteiger charge is 2.12. The molecule has 1 atom stereocenters. The number of nitrogens with one attached hydrogen (secondary N) is 2. The number of rotatable bonds is 6. The molecule has 1 aromatic heterocycles. The van der Waals surface area contributed by atoms with Gasteiger partial charge >= 0.3 is 0 Å². The summed E-state index contributed by atoms with van der Waals surface area (Å²) in [5.74, 6) is -0.132. The third-order valence-corrected chi connectivity index (χ3v) is 4.26. The van der Waals surface area contributed by atoms with Crippen molar-refractivity contribution in [1.82, 2.24) is 10.3 Å². The van der Waals surface area contributed by atoms with Crippen LogP contribution in [0.15, 0.2) is 73.1 Å². The smallest absolute Gasteiger partial charge is 0.253 e. The highest BCUT2D eigenvalue weighted by molar-refractivity contribution is 5.94. The highest BCUT2D eigenvalue weighted by Crippen LogP contribution is 2.14. The van der Waals surface area contributed by atoms with Gasteiger partial charge in [0.25, 0.3) is 5.91 Å². The van der Waals surface area contributed by atoms with Gasteiger partial charge in [0.1, 0.15) is 0 Å². The number of pyridine rings is 1. The molecule has 0 aliphatic carbocycles.